The molecule has 4 nitrogen and oxygen atoms in total. The maximum atomic E-state index is 10.9. The number of carbonyl (C=O) groups is 1. The Labute approximate surface area is 88.5 Å². The lowest BCUT2D eigenvalue weighted by Crippen LogP contribution is -2.37. The van der Waals surface area contributed by atoms with Crippen LogP contribution < -0.4 is 5.32 Å². The zero-order valence-electron chi connectivity index (χ0n) is 8.86. The molecule has 4 heteroatoms. The predicted octanol–water partition coefficient (Wildman–Crippen LogP) is 1.54. The van der Waals surface area contributed by atoms with E-state index < -0.39 is 0 Å². The molecule has 1 atom stereocenters. The number of carbonyl (C=O) groups excluding carboxylic acids is 1. The SMILES string of the molecule is Cn1cccc1/C=C/[C@]1(C)COC(=O)N1. The van der Waals surface area contributed by atoms with Gasteiger partial charge in [-0.15, -0.1) is 0 Å². The first-order chi connectivity index (χ1) is 7.09. The van der Waals surface area contributed by atoms with E-state index in [1.54, 1.807) is 0 Å². The van der Waals surface area contributed by atoms with Gasteiger partial charge in [0.25, 0.3) is 0 Å². The normalized spacial score (nSPS) is 25.6. The number of alkyl carbamates (subject to hydrolysis) is 1. The van der Waals surface area contributed by atoms with Gasteiger partial charge in [-0.1, -0.05) is 6.08 Å². The van der Waals surface area contributed by atoms with E-state index in [0.29, 0.717) is 6.61 Å². The van der Waals surface area contributed by atoms with E-state index in [-0.39, 0.29) is 11.6 Å². The number of rotatable bonds is 2. The minimum atomic E-state index is -0.388. The highest BCUT2D eigenvalue weighted by atomic mass is 16.6. The zero-order valence-corrected chi connectivity index (χ0v) is 8.86. The number of aryl methyl sites for hydroxylation is 1. The lowest BCUT2D eigenvalue weighted by molar-refractivity contribution is 0.175. The quantitative estimate of drug-likeness (QED) is 0.797. The molecule has 1 fully saturated rings. The second-order valence-corrected chi connectivity index (χ2v) is 4.00. The smallest absolute Gasteiger partial charge is 0.408 e. The first-order valence-corrected chi connectivity index (χ1v) is 4.85. The van der Waals surface area contributed by atoms with E-state index in [4.69, 9.17) is 4.74 Å². The van der Waals surface area contributed by atoms with E-state index in [1.807, 2.05) is 49.0 Å². The van der Waals surface area contributed by atoms with E-state index in [2.05, 4.69) is 5.32 Å². The first-order valence-electron chi connectivity index (χ1n) is 4.85. The van der Waals surface area contributed by atoms with Crippen molar-refractivity contribution in [2.24, 2.45) is 7.05 Å². The Balaban J connectivity index is 2.12. The van der Waals surface area contributed by atoms with Gasteiger partial charge in [0.2, 0.25) is 0 Å². The molecule has 1 N–H and O–H groups in total. The van der Waals surface area contributed by atoms with Crippen LogP contribution in [-0.2, 0) is 11.8 Å². The number of amides is 1. The number of hydrogen-bond acceptors (Lipinski definition) is 2. The third-order valence-electron chi connectivity index (χ3n) is 2.50. The highest BCUT2D eigenvalue weighted by molar-refractivity contribution is 5.71. The molecule has 15 heavy (non-hydrogen) atoms. The van der Waals surface area contributed by atoms with Crippen LogP contribution in [0.25, 0.3) is 6.08 Å². The van der Waals surface area contributed by atoms with Crippen molar-refractivity contribution in [2.45, 2.75) is 12.5 Å². The Morgan fingerprint density at radius 1 is 1.67 bits per heavy atom. The van der Waals surface area contributed by atoms with Gasteiger partial charge < -0.3 is 14.6 Å². The van der Waals surface area contributed by atoms with Crippen molar-refractivity contribution in [3.05, 3.63) is 30.1 Å². The van der Waals surface area contributed by atoms with Gasteiger partial charge in [-0.3, -0.25) is 0 Å². The van der Waals surface area contributed by atoms with Gasteiger partial charge in [0.15, 0.2) is 0 Å². The van der Waals surface area contributed by atoms with Crippen molar-refractivity contribution in [1.82, 2.24) is 9.88 Å². The van der Waals surface area contributed by atoms with Crippen LogP contribution in [0.5, 0.6) is 0 Å². The predicted molar refractivity (Wildman–Crippen MR) is 57.3 cm³/mol. The van der Waals surface area contributed by atoms with Crippen LogP contribution in [0.4, 0.5) is 4.79 Å². The summed E-state index contributed by atoms with van der Waals surface area (Å²) in [5.41, 5.74) is 0.707. The Morgan fingerprint density at radius 3 is 3.00 bits per heavy atom. The fraction of sp³-hybridized carbons (Fsp3) is 0.364. The minimum absolute atomic E-state index is 0.353. The van der Waals surface area contributed by atoms with Gasteiger partial charge >= 0.3 is 6.09 Å². The molecule has 0 bridgehead atoms. The molecule has 2 rings (SSSR count). The highest BCUT2D eigenvalue weighted by Crippen LogP contribution is 2.15. The summed E-state index contributed by atoms with van der Waals surface area (Å²) in [5.74, 6) is 0. The lowest BCUT2D eigenvalue weighted by atomic mass is 10.0. The van der Waals surface area contributed by atoms with Gasteiger partial charge in [-0.2, -0.15) is 0 Å². The third kappa shape index (κ3) is 2.03. The summed E-state index contributed by atoms with van der Waals surface area (Å²) in [7, 11) is 1.98. The third-order valence-corrected chi connectivity index (χ3v) is 2.50. The molecule has 0 aliphatic carbocycles. The number of nitrogens with one attached hydrogen (secondary N) is 1. The van der Waals surface area contributed by atoms with Crippen molar-refractivity contribution in [1.29, 1.82) is 0 Å². The van der Waals surface area contributed by atoms with Gasteiger partial charge in [0.1, 0.15) is 6.61 Å². The fourth-order valence-corrected chi connectivity index (χ4v) is 1.53. The number of cyclic esters (lactones) is 1. The molecule has 0 aromatic carbocycles. The molecule has 1 amide bonds. The van der Waals surface area contributed by atoms with Gasteiger partial charge in [-0.05, 0) is 25.1 Å². The molecular weight excluding hydrogens is 192 g/mol. The summed E-state index contributed by atoms with van der Waals surface area (Å²) in [6.45, 7) is 2.31. The maximum Gasteiger partial charge on any atom is 0.408 e. The average Bonchev–Trinajstić information content (AvgIpc) is 2.71. The summed E-state index contributed by atoms with van der Waals surface area (Å²) in [6.07, 6.45) is 5.56. The number of hydrogen-bond donors (Lipinski definition) is 1. The lowest BCUT2D eigenvalue weighted by Gasteiger charge is -2.15. The van der Waals surface area contributed by atoms with Crippen molar-refractivity contribution in [3.8, 4) is 0 Å². The topological polar surface area (TPSA) is 43.3 Å². The number of aromatic nitrogens is 1. The van der Waals surface area contributed by atoms with Crippen LogP contribution >= 0.6 is 0 Å². The molecule has 0 unspecified atom stereocenters. The monoisotopic (exact) mass is 206 g/mol. The number of ether oxygens (including phenoxy) is 1. The Kier molecular flexibility index (Phi) is 2.26. The van der Waals surface area contributed by atoms with Crippen LogP contribution in [0.2, 0.25) is 0 Å². The average molecular weight is 206 g/mol. The summed E-state index contributed by atoms with van der Waals surface area (Å²) in [4.78, 5) is 10.9. The van der Waals surface area contributed by atoms with Gasteiger partial charge in [-0.25, -0.2) is 4.79 Å². The minimum Gasteiger partial charge on any atom is -0.447 e. The standard InChI is InChI=1S/C11H14N2O2/c1-11(8-15-10(14)12-11)6-5-9-4-3-7-13(9)2/h3-7H,8H2,1-2H3,(H,12,14)/b6-5+/t11-/m1/s1. The molecule has 1 saturated heterocycles. The van der Waals surface area contributed by atoms with Gasteiger partial charge in [0, 0.05) is 18.9 Å². The highest BCUT2D eigenvalue weighted by Gasteiger charge is 2.32. The molecule has 1 aromatic heterocycles. The molecule has 1 aliphatic rings. The van der Waals surface area contributed by atoms with Crippen LogP contribution in [-0.4, -0.2) is 22.8 Å². The fourth-order valence-electron chi connectivity index (χ4n) is 1.53. The van der Waals surface area contributed by atoms with Crippen LogP contribution in [0.3, 0.4) is 0 Å². The second kappa shape index (κ2) is 3.46. The summed E-state index contributed by atoms with van der Waals surface area (Å²) >= 11 is 0. The van der Waals surface area contributed by atoms with Crippen molar-refractivity contribution < 1.29 is 9.53 Å². The molecular formula is C11H14N2O2. The van der Waals surface area contributed by atoms with E-state index in [1.165, 1.54) is 0 Å². The first kappa shape index (κ1) is 9.83. The summed E-state index contributed by atoms with van der Waals surface area (Å²) < 4.78 is 6.87. The van der Waals surface area contributed by atoms with Crippen molar-refractivity contribution >= 4 is 12.2 Å². The Hall–Kier alpha value is -1.71. The molecule has 0 radical (unpaired) electrons. The molecule has 0 saturated carbocycles. The van der Waals surface area contributed by atoms with Crippen LogP contribution in [0.1, 0.15) is 12.6 Å². The molecule has 1 aromatic rings. The summed E-state index contributed by atoms with van der Waals surface area (Å²) in [6, 6.07) is 3.99. The van der Waals surface area contributed by atoms with E-state index in [0.717, 1.165) is 5.69 Å². The summed E-state index contributed by atoms with van der Waals surface area (Å²) in [5, 5.41) is 2.75. The second-order valence-electron chi connectivity index (χ2n) is 4.00. The molecule has 80 valence electrons. The number of nitrogens with zero attached hydrogens (tertiary/aromatic N) is 1. The molecule has 1 aliphatic heterocycles. The van der Waals surface area contributed by atoms with E-state index >= 15 is 0 Å². The van der Waals surface area contributed by atoms with Crippen molar-refractivity contribution in [3.63, 3.8) is 0 Å². The molecule has 2 heterocycles. The van der Waals surface area contributed by atoms with Crippen molar-refractivity contribution in [2.75, 3.05) is 6.61 Å². The largest absolute Gasteiger partial charge is 0.447 e. The maximum absolute atomic E-state index is 10.9. The van der Waals surface area contributed by atoms with E-state index in [9.17, 15) is 4.79 Å². The van der Waals surface area contributed by atoms with Gasteiger partial charge in [0.05, 0.1) is 5.54 Å². The Morgan fingerprint density at radius 2 is 2.47 bits per heavy atom. The molecule has 0 spiro atoms. The van der Waals surface area contributed by atoms with Crippen LogP contribution in [0.15, 0.2) is 24.4 Å². The Bertz CT molecular complexity index is 408. The van der Waals surface area contributed by atoms with Crippen LogP contribution in [0, 0.1) is 0 Å². The zero-order chi connectivity index (χ0) is 10.9.